The number of carbonyl (C=O) groups is 2. The smallest absolute Gasteiger partial charge is 0.305 e. The largest absolute Gasteiger partial charge is 0.466 e. The third-order valence-corrected chi connectivity index (χ3v) is 16.1. The van der Waals surface area contributed by atoms with Gasteiger partial charge in [0.2, 0.25) is 5.91 Å². The van der Waals surface area contributed by atoms with E-state index in [1.165, 1.54) is 321 Å². The maximum atomic E-state index is 12.4. The molecule has 0 rings (SSSR count). The van der Waals surface area contributed by atoms with Crippen molar-refractivity contribution in [3.8, 4) is 0 Å². The van der Waals surface area contributed by atoms with E-state index in [9.17, 15) is 19.8 Å². The lowest BCUT2D eigenvalue weighted by Gasteiger charge is -2.20. The van der Waals surface area contributed by atoms with E-state index in [0.29, 0.717) is 19.4 Å². The van der Waals surface area contributed by atoms with Crippen molar-refractivity contribution in [3.05, 3.63) is 12.2 Å². The Morgan fingerprint density at radius 3 is 0.919 bits per heavy atom. The number of aliphatic hydroxyl groups excluding tert-OH is 2. The van der Waals surface area contributed by atoms with E-state index in [1.54, 1.807) is 6.08 Å². The maximum absolute atomic E-state index is 12.4. The molecule has 0 bridgehead atoms. The molecular weight excluding hydrogens is 911 g/mol. The van der Waals surface area contributed by atoms with Crippen LogP contribution < -0.4 is 5.32 Å². The molecule has 0 aromatic heterocycles. The van der Waals surface area contributed by atoms with Crippen molar-refractivity contribution in [2.75, 3.05) is 13.2 Å². The molecule has 6 heteroatoms. The van der Waals surface area contributed by atoms with Crippen molar-refractivity contribution in [2.45, 2.75) is 398 Å². The molecule has 6 nitrogen and oxygen atoms in total. The molecule has 0 fully saturated rings. The molecule has 0 radical (unpaired) electrons. The summed E-state index contributed by atoms with van der Waals surface area (Å²) in [5.41, 5.74) is 0. The van der Waals surface area contributed by atoms with E-state index in [0.717, 1.165) is 38.5 Å². The molecule has 0 aliphatic carbocycles. The van der Waals surface area contributed by atoms with Crippen LogP contribution in [-0.4, -0.2) is 47.4 Å². The summed E-state index contributed by atoms with van der Waals surface area (Å²) in [6, 6.07) is -0.624. The second-order valence-corrected chi connectivity index (χ2v) is 23.5. The molecular formula is C68H133NO5. The SMILES string of the molecule is CCCCCCCCCCCC/C=C/C(O)C(CO)NC(=O)CCCCCCCCCCCCCCCCCCCCCCCCCCCCOC(=O)CCCCCCCCCCCCCCCCCCCCC. The number of ether oxygens (including phenoxy) is 1. The van der Waals surface area contributed by atoms with Crippen LogP contribution in [0.4, 0.5) is 0 Å². The topological polar surface area (TPSA) is 95.9 Å². The summed E-state index contributed by atoms with van der Waals surface area (Å²) in [4.78, 5) is 24.6. The highest BCUT2D eigenvalue weighted by Crippen LogP contribution is 2.19. The Bertz CT molecular complexity index is 1110. The van der Waals surface area contributed by atoms with Crippen LogP contribution in [0.15, 0.2) is 12.2 Å². The van der Waals surface area contributed by atoms with Gasteiger partial charge in [-0.05, 0) is 32.1 Å². The van der Waals surface area contributed by atoms with E-state index in [-0.39, 0.29) is 18.5 Å². The van der Waals surface area contributed by atoms with Crippen LogP contribution in [-0.2, 0) is 14.3 Å². The summed E-state index contributed by atoms with van der Waals surface area (Å²) in [5.74, 6) is -0.0420. The van der Waals surface area contributed by atoms with Gasteiger partial charge in [0.1, 0.15) is 0 Å². The molecule has 3 N–H and O–H groups in total. The number of amides is 1. The van der Waals surface area contributed by atoms with Crippen molar-refractivity contribution >= 4 is 11.9 Å². The van der Waals surface area contributed by atoms with Gasteiger partial charge < -0.3 is 20.3 Å². The highest BCUT2D eigenvalue weighted by atomic mass is 16.5. The Morgan fingerprint density at radius 1 is 0.365 bits per heavy atom. The van der Waals surface area contributed by atoms with E-state index >= 15 is 0 Å². The number of aliphatic hydroxyl groups is 2. The highest BCUT2D eigenvalue weighted by Gasteiger charge is 2.18. The molecule has 0 saturated heterocycles. The van der Waals surface area contributed by atoms with Crippen LogP contribution >= 0.6 is 0 Å². The minimum Gasteiger partial charge on any atom is -0.466 e. The van der Waals surface area contributed by atoms with Crippen LogP contribution in [0, 0.1) is 0 Å². The average Bonchev–Trinajstić information content (AvgIpc) is 3.40. The summed E-state index contributed by atoms with van der Waals surface area (Å²) in [5, 5.41) is 23.1. The molecule has 0 aromatic rings. The van der Waals surface area contributed by atoms with Crippen molar-refractivity contribution in [1.82, 2.24) is 5.32 Å². The number of esters is 1. The van der Waals surface area contributed by atoms with Crippen molar-refractivity contribution in [3.63, 3.8) is 0 Å². The fourth-order valence-electron chi connectivity index (χ4n) is 10.9. The van der Waals surface area contributed by atoms with Gasteiger partial charge in [-0.25, -0.2) is 0 Å². The predicted molar refractivity (Wildman–Crippen MR) is 324 cm³/mol. The lowest BCUT2D eigenvalue weighted by Crippen LogP contribution is -2.45. The molecule has 1 amide bonds. The molecule has 440 valence electrons. The van der Waals surface area contributed by atoms with Gasteiger partial charge in [0, 0.05) is 12.8 Å². The van der Waals surface area contributed by atoms with Crippen molar-refractivity contribution < 1.29 is 24.5 Å². The zero-order chi connectivity index (χ0) is 53.6. The first-order valence-electron chi connectivity index (χ1n) is 34.0. The molecule has 2 atom stereocenters. The summed E-state index contributed by atoms with van der Waals surface area (Å²) < 4.78 is 5.51. The number of allylic oxidation sites excluding steroid dienone is 1. The van der Waals surface area contributed by atoms with Gasteiger partial charge in [-0.15, -0.1) is 0 Å². The van der Waals surface area contributed by atoms with E-state index in [4.69, 9.17) is 4.74 Å². The van der Waals surface area contributed by atoms with Crippen LogP contribution in [0.5, 0.6) is 0 Å². The number of rotatable bonds is 64. The predicted octanol–water partition coefficient (Wildman–Crippen LogP) is 21.6. The number of unbranched alkanes of at least 4 members (excludes halogenated alkanes) is 53. The number of nitrogens with one attached hydrogen (secondary N) is 1. The van der Waals surface area contributed by atoms with E-state index in [2.05, 4.69) is 19.2 Å². The first-order chi connectivity index (χ1) is 36.5. The Kier molecular flexibility index (Phi) is 62.9. The molecule has 0 aliphatic heterocycles. The van der Waals surface area contributed by atoms with Crippen LogP contribution in [0.2, 0.25) is 0 Å². The molecule has 0 saturated carbocycles. The monoisotopic (exact) mass is 1040 g/mol. The standard InChI is InChI=1S/C68H133NO5/c1-3-5-7-9-11-13-15-17-18-19-28-32-35-38-42-46-50-54-58-62-68(73)74-63-59-55-51-47-43-39-36-33-30-27-25-23-21-20-22-24-26-29-31-34-37-41-45-49-53-57-61-67(72)69-65(64-70)66(71)60-56-52-48-44-40-16-14-12-10-8-6-4-2/h56,60,65-66,70-71H,3-55,57-59,61-64H2,1-2H3,(H,69,72)/b60-56+. The van der Waals surface area contributed by atoms with Gasteiger partial charge >= 0.3 is 5.97 Å². The van der Waals surface area contributed by atoms with Crippen LogP contribution in [0.25, 0.3) is 0 Å². The molecule has 0 aliphatic rings. The first kappa shape index (κ1) is 72.6. The lowest BCUT2D eigenvalue weighted by atomic mass is 10.0. The summed E-state index contributed by atoms with van der Waals surface area (Å²) in [6.07, 6.45) is 78.6. The normalized spacial score (nSPS) is 12.5. The first-order valence-corrected chi connectivity index (χ1v) is 34.0. The lowest BCUT2D eigenvalue weighted by molar-refractivity contribution is -0.143. The van der Waals surface area contributed by atoms with E-state index in [1.807, 2.05) is 6.08 Å². The van der Waals surface area contributed by atoms with Gasteiger partial charge in [-0.1, -0.05) is 353 Å². The highest BCUT2D eigenvalue weighted by molar-refractivity contribution is 5.76. The van der Waals surface area contributed by atoms with Crippen LogP contribution in [0.1, 0.15) is 386 Å². The number of hydrogen-bond acceptors (Lipinski definition) is 5. The van der Waals surface area contributed by atoms with Crippen LogP contribution in [0.3, 0.4) is 0 Å². The minimum absolute atomic E-state index is 0.0224. The Balaban J connectivity index is 3.32. The summed E-state index contributed by atoms with van der Waals surface area (Å²) >= 11 is 0. The molecule has 0 aromatic carbocycles. The summed E-state index contributed by atoms with van der Waals surface area (Å²) in [6.45, 7) is 4.93. The van der Waals surface area contributed by atoms with Gasteiger partial charge in [0.15, 0.2) is 0 Å². The third kappa shape index (κ3) is 59.8. The molecule has 2 unspecified atom stereocenters. The average molecular weight is 1040 g/mol. The van der Waals surface area contributed by atoms with E-state index < -0.39 is 12.1 Å². The fraction of sp³-hybridized carbons (Fsp3) is 0.941. The van der Waals surface area contributed by atoms with Gasteiger partial charge in [0.25, 0.3) is 0 Å². The van der Waals surface area contributed by atoms with Gasteiger partial charge in [-0.2, -0.15) is 0 Å². The Hall–Kier alpha value is -1.40. The van der Waals surface area contributed by atoms with Gasteiger partial charge in [-0.3, -0.25) is 9.59 Å². The zero-order valence-corrected chi connectivity index (χ0v) is 50.4. The zero-order valence-electron chi connectivity index (χ0n) is 50.4. The number of carbonyl (C=O) groups excluding carboxylic acids is 2. The van der Waals surface area contributed by atoms with Crippen molar-refractivity contribution in [2.24, 2.45) is 0 Å². The Labute approximate surface area is 463 Å². The van der Waals surface area contributed by atoms with Crippen molar-refractivity contribution in [1.29, 1.82) is 0 Å². The Morgan fingerprint density at radius 2 is 0.622 bits per heavy atom. The minimum atomic E-state index is -0.841. The maximum Gasteiger partial charge on any atom is 0.305 e. The number of hydrogen-bond donors (Lipinski definition) is 3. The summed E-state index contributed by atoms with van der Waals surface area (Å²) in [7, 11) is 0. The molecule has 0 heterocycles. The second-order valence-electron chi connectivity index (χ2n) is 23.5. The third-order valence-electron chi connectivity index (χ3n) is 16.1. The quantitative estimate of drug-likeness (QED) is 0.0320. The second kappa shape index (κ2) is 64.1. The van der Waals surface area contributed by atoms with Gasteiger partial charge in [0.05, 0.1) is 25.4 Å². The molecule has 0 spiro atoms. The fourth-order valence-corrected chi connectivity index (χ4v) is 10.9. The molecule has 74 heavy (non-hydrogen) atoms.